The molecular formula is C17H26N4O4. The topological polar surface area (TPSA) is 88.0 Å². The molecule has 0 bridgehead atoms. The number of carbonyl (C=O) groups excluding carboxylic acids is 1. The Morgan fingerprint density at radius 3 is 2.60 bits per heavy atom. The van der Waals surface area contributed by atoms with Crippen LogP contribution in [0.25, 0.3) is 0 Å². The van der Waals surface area contributed by atoms with Gasteiger partial charge in [0.05, 0.1) is 18.1 Å². The number of hydrogen-bond donors (Lipinski definition) is 1. The Kier molecular flexibility index (Phi) is 7.30. The number of methoxy groups -OCH3 is 1. The highest BCUT2D eigenvalue weighted by Crippen LogP contribution is 2.22. The van der Waals surface area contributed by atoms with Crippen LogP contribution in [0.2, 0.25) is 0 Å². The summed E-state index contributed by atoms with van der Waals surface area (Å²) in [7, 11) is 1.61. The Morgan fingerprint density at radius 1 is 1.28 bits per heavy atom. The number of nitro groups is 1. The summed E-state index contributed by atoms with van der Waals surface area (Å²) in [6.07, 6.45) is 0. The van der Waals surface area contributed by atoms with Crippen LogP contribution in [0, 0.1) is 17.0 Å². The van der Waals surface area contributed by atoms with Crippen LogP contribution in [0.4, 0.5) is 5.69 Å². The van der Waals surface area contributed by atoms with Gasteiger partial charge in [-0.05, 0) is 12.5 Å². The van der Waals surface area contributed by atoms with E-state index in [1.165, 1.54) is 0 Å². The zero-order valence-electron chi connectivity index (χ0n) is 14.9. The molecule has 1 aliphatic heterocycles. The van der Waals surface area contributed by atoms with Gasteiger partial charge in [0.1, 0.15) is 0 Å². The Labute approximate surface area is 147 Å². The van der Waals surface area contributed by atoms with E-state index in [1.54, 1.807) is 26.2 Å². The molecule has 1 N–H and O–H groups in total. The fourth-order valence-electron chi connectivity index (χ4n) is 2.94. The molecule has 8 heteroatoms. The van der Waals surface area contributed by atoms with Gasteiger partial charge >= 0.3 is 0 Å². The standard InChI is InChI=1S/C17H26N4O4/c1-14-15(4-3-5-16(14)21(23)24)12-19-7-9-20(10-8-19)13-17(22)18-6-11-25-2/h3-5H,6-13H2,1-2H3,(H,18,22). The molecule has 0 aliphatic carbocycles. The zero-order valence-corrected chi connectivity index (χ0v) is 14.9. The van der Waals surface area contributed by atoms with Gasteiger partial charge < -0.3 is 10.1 Å². The van der Waals surface area contributed by atoms with E-state index in [9.17, 15) is 14.9 Å². The van der Waals surface area contributed by atoms with Crippen molar-refractivity contribution in [3.05, 3.63) is 39.4 Å². The van der Waals surface area contributed by atoms with Crippen molar-refractivity contribution < 1.29 is 14.5 Å². The highest BCUT2D eigenvalue weighted by molar-refractivity contribution is 5.78. The van der Waals surface area contributed by atoms with Crippen LogP contribution in [-0.2, 0) is 16.1 Å². The first-order chi connectivity index (χ1) is 12.0. The van der Waals surface area contributed by atoms with E-state index in [1.807, 2.05) is 6.07 Å². The maximum Gasteiger partial charge on any atom is 0.272 e. The molecule has 25 heavy (non-hydrogen) atoms. The number of hydrogen-bond acceptors (Lipinski definition) is 6. The van der Waals surface area contributed by atoms with Crippen LogP contribution in [0.15, 0.2) is 18.2 Å². The van der Waals surface area contributed by atoms with Gasteiger partial charge in [-0.3, -0.25) is 24.7 Å². The van der Waals surface area contributed by atoms with Gasteiger partial charge in [0.15, 0.2) is 0 Å². The van der Waals surface area contributed by atoms with E-state index in [-0.39, 0.29) is 16.5 Å². The maximum atomic E-state index is 11.8. The molecule has 0 atom stereocenters. The average Bonchev–Trinajstić information content (AvgIpc) is 2.58. The summed E-state index contributed by atoms with van der Waals surface area (Å²) in [6.45, 7) is 7.24. The van der Waals surface area contributed by atoms with E-state index in [4.69, 9.17) is 4.74 Å². The second-order valence-corrected chi connectivity index (χ2v) is 6.21. The van der Waals surface area contributed by atoms with E-state index in [2.05, 4.69) is 15.1 Å². The lowest BCUT2D eigenvalue weighted by Crippen LogP contribution is -2.49. The number of rotatable bonds is 8. The molecule has 1 fully saturated rings. The van der Waals surface area contributed by atoms with Gasteiger partial charge in [0, 0.05) is 58.0 Å². The number of ether oxygens (including phenoxy) is 1. The van der Waals surface area contributed by atoms with Crippen molar-refractivity contribution in [3.63, 3.8) is 0 Å². The van der Waals surface area contributed by atoms with Gasteiger partial charge in [0.2, 0.25) is 5.91 Å². The number of benzene rings is 1. The third kappa shape index (κ3) is 5.77. The van der Waals surface area contributed by atoms with E-state index in [0.717, 1.165) is 37.3 Å². The molecule has 2 rings (SSSR count). The minimum Gasteiger partial charge on any atom is -0.383 e. The second-order valence-electron chi connectivity index (χ2n) is 6.21. The van der Waals surface area contributed by atoms with Gasteiger partial charge in [-0.1, -0.05) is 12.1 Å². The summed E-state index contributed by atoms with van der Waals surface area (Å²) in [4.78, 5) is 26.9. The molecule has 1 aromatic carbocycles. The first kappa shape index (κ1) is 19.3. The maximum absolute atomic E-state index is 11.8. The normalized spacial score (nSPS) is 15.9. The Balaban J connectivity index is 1.80. The Hall–Kier alpha value is -2.03. The molecule has 1 aromatic rings. The molecular weight excluding hydrogens is 324 g/mol. The molecule has 0 spiro atoms. The van der Waals surface area contributed by atoms with Crippen molar-refractivity contribution >= 4 is 11.6 Å². The second kappa shape index (κ2) is 9.45. The van der Waals surface area contributed by atoms with Crippen LogP contribution in [0.1, 0.15) is 11.1 Å². The van der Waals surface area contributed by atoms with Crippen LogP contribution in [0.3, 0.4) is 0 Å². The van der Waals surface area contributed by atoms with Gasteiger partial charge in [-0.2, -0.15) is 0 Å². The molecule has 1 saturated heterocycles. The minimum absolute atomic E-state index is 0.0139. The van der Waals surface area contributed by atoms with Crippen molar-refractivity contribution in [2.45, 2.75) is 13.5 Å². The quantitative estimate of drug-likeness (QED) is 0.424. The molecule has 1 amide bonds. The van der Waals surface area contributed by atoms with Crippen molar-refractivity contribution in [3.8, 4) is 0 Å². The summed E-state index contributed by atoms with van der Waals surface area (Å²) in [5.41, 5.74) is 1.89. The van der Waals surface area contributed by atoms with Gasteiger partial charge in [-0.25, -0.2) is 0 Å². The fourth-order valence-corrected chi connectivity index (χ4v) is 2.94. The summed E-state index contributed by atoms with van der Waals surface area (Å²) < 4.78 is 4.91. The van der Waals surface area contributed by atoms with Crippen molar-refractivity contribution in [1.82, 2.24) is 15.1 Å². The Bertz CT molecular complexity index is 600. The Morgan fingerprint density at radius 2 is 1.96 bits per heavy atom. The SMILES string of the molecule is COCCNC(=O)CN1CCN(Cc2cccc([N+](=O)[O-])c2C)CC1. The van der Waals surface area contributed by atoms with Crippen LogP contribution >= 0.6 is 0 Å². The molecule has 8 nitrogen and oxygen atoms in total. The van der Waals surface area contributed by atoms with E-state index in [0.29, 0.717) is 26.2 Å². The predicted octanol–water partition coefficient (Wildman–Crippen LogP) is 0.783. The van der Waals surface area contributed by atoms with Crippen molar-refractivity contribution in [2.24, 2.45) is 0 Å². The zero-order chi connectivity index (χ0) is 18.2. The number of amides is 1. The molecule has 0 aromatic heterocycles. The molecule has 0 radical (unpaired) electrons. The summed E-state index contributed by atoms with van der Waals surface area (Å²) in [5, 5.41) is 13.9. The highest BCUT2D eigenvalue weighted by atomic mass is 16.6. The molecule has 138 valence electrons. The van der Waals surface area contributed by atoms with Crippen LogP contribution in [0.5, 0.6) is 0 Å². The highest BCUT2D eigenvalue weighted by Gasteiger charge is 2.21. The summed E-state index contributed by atoms with van der Waals surface area (Å²) in [6, 6.07) is 5.22. The monoisotopic (exact) mass is 350 g/mol. The summed E-state index contributed by atoms with van der Waals surface area (Å²) >= 11 is 0. The minimum atomic E-state index is -0.334. The first-order valence-electron chi connectivity index (χ1n) is 8.44. The molecule has 0 unspecified atom stereocenters. The number of nitrogens with zero attached hydrogens (tertiary/aromatic N) is 3. The van der Waals surface area contributed by atoms with Crippen LogP contribution in [-0.4, -0.2) is 73.6 Å². The molecule has 0 saturated carbocycles. The third-order valence-electron chi connectivity index (χ3n) is 4.47. The fraction of sp³-hybridized carbons (Fsp3) is 0.588. The lowest BCUT2D eigenvalue weighted by Gasteiger charge is -2.34. The van der Waals surface area contributed by atoms with Crippen molar-refractivity contribution in [1.29, 1.82) is 0 Å². The number of piperazine rings is 1. The number of nitro benzene ring substituents is 1. The van der Waals surface area contributed by atoms with E-state index >= 15 is 0 Å². The molecule has 1 aliphatic rings. The van der Waals surface area contributed by atoms with Gasteiger partial charge in [-0.15, -0.1) is 0 Å². The van der Waals surface area contributed by atoms with Gasteiger partial charge in [0.25, 0.3) is 5.69 Å². The average molecular weight is 350 g/mol. The lowest BCUT2D eigenvalue weighted by molar-refractivity contribution is -0.385. The lowest BCUT2D eigenvalue weighted by atomic mass is 10.1. The predicted molar refractivity (Wildman–Crippen MR) is 94.4 cm³/mol. The molecule has 1 heterocycles. The summed E-state index contributed by atoms with van der Waals surface area (Å²) in [5.74, 6) is 0.0139. The largest absolute Gasteiger partial charge is 0.383 e. The third-order valence-corrected chi connectivity index (χ3v) is 4.47. The number of carbonyl (C=O) groups is 1. The first-order valence-corrected chi connectivity index (χ1v) is 8.44. The smallest absolute Gasteiger partial charge is 0.272 e. The van der Waals surface area contributed by atoms with Crippen LogP contribution < -0.4 is 5.32 Å². The van der Waals surface area contributed by atoms with E-state index < -0.39 is 0 Å². The number of nitrogens with one attached hydrogen (secondary N) is 1. The van der Waals surface area contributed by atoms with Crippen molar-refractivity contribution in [2.75, 3.05) is 53.0 Å².